The van der Waals surface area contributed by atoms with E-state index in [1.165, 1.54) is 11.3 Å². The highest BCUT2D eigenvalue weighted by Gasteiger charge is 2.18. The molecule has 3 rings (SSSR count). The fourth-order valence-electron chi connectivity index (χ4n) is 2.80. The van der Waals surface area contributed by atoms with Gasteiger partial charge in [0.25, 0.3) is 6.08 Å². The van der Waals surface area contributed by atoms with Gasteiger partial charge in [-0.3, -0.25) is 5.01 Å². The minimum atomic E-state index is -3.24. The van der Waals surface area contributed by atoms with Gasteiger partial charge in [0.05, 0.1) is 11.4 Å². The van der Waals surface area contributed by atoms with Gasteiger partial charge >= 0.3 is 0 Å². The van der Waals surface area contributed by atoms with Crippen molar-refractivity contribution in [3.05, 3.63) is 60.2 Å². The largest absolute Gasteiger partial charge is 0.327 e. The lowest BCUT2D eigenvalue weighted by Crippen LogP contribution is -2.29. The molecular weight excluding hydrogens is 386 g/mol. The third-order valence-electron chi connectivity index (χ3n) is 4.35. The Balaban J connectivity index is 1.76. The first-order valence-corrected chi connectivity index (χ1v) is 10.4. The maximum atomic E-state index is 12.8. The Morgan fingerprint density at radius 3 is 2.46 bits per heavy atom. The molecule has 1 aliphatic heterocycles. The number of hydrogen-bond donors (Lipinski definition) is 1. The molecule has 0 aliphatic carbocycles. The van der Waals surface area contributed by atoms with Crippen LogP contribution in [-0.2, 0) is 9.84 Å². The number of hydrazone groups is 1. The fourth-order valence-corrected chi connectivity index (χ4v) is 3.43. The van der Waals surface area contributed by atoms with E-state index in [2.05, 4.69) is 5.10 Å². The van der Waals surface area contributed by atoms with E-state index >= 15 is 0 Å². The van der Waals surface area contributed by atoms with Crippen molar-refractivity contribution in [2.45, 2.75) is 4.90 Å². The summed E-state index contributed by atoms with van der Waals surface area (Å²) in [5.74, 6) is 0. The molecule has 6 nitrogen and oxygen atoms in total. The Labute approximate surface area is 162 Å². The first kappa shape index (κ1) is 20.0. The minimum Gasteiger partial charge on any atom is -0.327 e. The first-order chi connectivity index (χ1) is 13.3. The molecule has 1 heterocycles. The molecule has 0 fully saturated rings. The summed E-state index contributed by atoms with van der Waals surface area (Å²) >= 11 is 0. The fraction of sp³-hybridized carbons (Fsp3) is 0.211. The van der Waals surface area contributed by atoms with Crippen molar-refractivity contribution in [3.8, 4) is 11.1 Å². The molecule has 2 aromatic carbocycles. The average molecular weight is 406 g/mol. The van der Waals surface area contributed by atoms with E-state index in [9.17, 15) is 17.2 Å². The molecule has 0 saturated carbocycles. The highest BCUT2D eigenvalue weighted by Crippen LogP contribution is 2.27. The molecule has 2 N–H and O–H groups in total. The van der Waals surface area contributed by atoms with Gasteiger partial charge in [-0.2, -0.15) is 13.9 Å². The van der Waals surface area contributed by atoms with Crippen LogP contribution < -0.4 is 10.6 Å². The SMILES string of the molecule is CS(=O)(=O)c1ccc(-c2cccc(N3C=NN(CC(CN)=C(F)F)C3)c2)cc1. The average Bonchev–Trinajstić information content (AvgIpc) is 3.14. The number of hydrogen-bond acceptors (Lipinski definition) is 6. The molecule has 0 unspecified atom stereocenters. The van der Waals surface area contributed by atoms with Gasteiger partial charge in [0.2, 0.25) is 0 Å². The molecule has 9 heteroatoms. The predicted octanol–water partition coefficient (Wildman–Crippen LogP) is 2.89. The molecule has 0 bridgehead atoms. The van der Waals surface area contributed by atoms with E-state index in [1.54, 1.807) is 30.6 Å². The zero-order chi connectivity index (χ0) is 20.3. The second-order valence-electron chi connectivity index (χ2n) is 6.42. The molecule has 0 aromatic heterocycles. The molecular formula is C19H20F2N4O2S. The van der Waals surface area contributed by atoms with Crippen LogP contribution in [0.1, 0.15) is 0 Å². The zero-order valence-electron chi connectivity index (χ0n) is 15.2. The van der Waals surface area contributed by atoms with Crippen LogP contribution in [0, 0.1) is 0 Å². The van der Waals surface area contributed by atoms with Crippen LogP contribution in [0.4, 0.5) is 14.5 Å². The number of nitrogens with two attached hydrogens (primary N) is 1. The van der Waals surface area contributed by atoms with E-state index in [-0.39, 0.29) is 23.6 Å². The second kappa shape index (κ2) is 8.07. The standard InChI is InChI=1S/C19H20F2N4O2S/c1-28(26,27)18-7-5-14(6-8-18)15-3-2-4-17(9-15)24-12-23-25(13-24)11-16(10-22)19(20)21/h2-9,12H,10-11,13,22H2,1H3. The van der Waals surface area contributed by atoms with Crippen molar-refractivity contribution >= 4 is 21.9 Å². The van der Waals surface area contributed by atoms with Crippen molar-refractivity contribution in [1.29, 1.82) is 0 Å². The molecule has 0 radical (unpaired) electrons. The molecule has 28 heavy (non-hydrogen) atoms. The number of rotatable bonds is 6. The lowest BCUT2D eigenvalue weighted by Gasteiger charge is -2.20. The number of sulfone groups is 1. The number of nitrogens with zero attached hydrogens (tertiary/aromatic N) is 3. The maximum Gasteiger partial charge on any atom is 0.272 e. The molecule has 2 aromatic rings. The lowest BCUT2D eigenvalue weighted by atomic mass is 10.1. The summed E-state index contributed by atoms with van der Waals surface area (Å²) in [5, 5.41) is 5.66. The molecule has 1 aliphatic rings. The van der Waals surface area contributed by atoms with Gasteiger partial charge in [-0.15, -0.1) is 0 Å². The van der Waals surface area contributed by atoms with Crippen LogP contribution in [0.15, 0.2) is 70.2 Å². The van der Waals surface area contributed by atoms with Crippen LogP contribution in [0.5, 0.6) is 0 Å². The number of benzene rings is 2. The Morgan fingerprint density at radius 1 is 1.14 bits per heavy atom. The lowest BCUT2D eigenvalue weighted by molar-refractivity contribution is 0.326. The van der Waals surface area contributed by atoms with E-state index in [0.29, 0.717) is 6.67 Å². The third kappa shape index (κ3) is 4.55. The maximum absolute atomic E-state index is 12.8. The van der Waals surface area contributed by atoms with Crippen molar-refractivity contribution in [3.63, 3.8) is 0 Å². The summed E-state index contributed by atoms with van der Waals surface area (Å²) in [7, 11) is -3.24. The van der Waals surface area contributed by atoms with Crippen molar-refractivity contribution < 1.29 is 17.2 Å². The summed E-state index contributed by atoms with van der Waals surface area (Å²) in [6.45, 7) is 0.0824. The molecule has 148 valence electrons. The van der Waals surface area contributed by atoms with Gasteiger partial charge in [-0.05, 0) is 35.4 Å². The Bertz CT molecular complexity index is 1020. The van der Waals surface area contributed by atoms with Gasteiger partial charge in [0, 0.05) is 24.1 Å². The first-order valence-electron chi connectivity index (χ1n) is 8.47. The summed E-state index contributed by atoms with van der Waals surface area (Å²) < 4.78 is 48.8. The van der Waals surface area contributed by atoms with Crippen LogP contribution in [0.25, 0.3) is 11.1 Å². The monoisotopic (exact) mass is 406 g/mol. The summed E-state index contributed by atoms with van der Waals surface area (Å²) in [6, 6.07) is 14.3. The minimum absolute atomic E-state index is 0.0293. The van der Waals surface area contributed by atoms with Crippen LogP contribution in [0.3, 0.4) is 0 Å². The van der Waals surface area contributed by atoms with Gasteiger partial charge < -0.3 is 10.6 Å². The Morgan fingerprint density at radius 2 is 1.86 bits per heavy atom. The number of halogens is 2. The van der Waals surface area contributed by atoms with Gasteiger partial charge in [0.15, 0.2) is 9.84 Å². The van der Waals surface area contributed by atoms with E-state index in [0.717, 1.165) is 16.8 Å². The third-order valence-corrected chi connectivity index (χ3v) is 5.48. The Kier molecular flexibility index (Phi) is 5.76. The highest BCUT2D eigenvalue weighted by atomic mass is 32.2. The van der Waals surface area contributed by atoms with Crippen molar-refractivity contribution in [2.24, 2.45) is 10.8 Å². The zero-order valence-corrected chi connectivity index (χ0v) is 16.0. The molecule has 0 spiro atoms. The van der Waals surface area contributed by atoms with Gasteiger partial charge in [-0.1, -0.05) is 24.3 Å². The topological polar surface area (TPSA) is 79.0 Å². The van der Waals surface area contributed by atoms with E-state index in [4.69, 9.17) is 5.73 Å². The molecule has 0 saturated heterocycles. The smallest absolute Gasteiger partial charge is 0.272 e. The molecule has 0 amide bonds. The summed E-state index contributed by atoms with van der Waals surface area (Å²) in [6.07, 6.45) is 0.979. The van der Waals surface area contributed by atoms with Gasteiger partial charge in [-0.25, -0.2) is 8.42 Å². The van der Waals surface area contributed by atoms with Crippen LogP contribution in [0.2, 0.25) is 0 Å². The highest BCUT2D eigenvalue weighted by molar-refractivity contribution is 7.90. The van der Waals surface area contributed by atoms with Crippen LogP contribution in [-0.4, -0.2) is 45.8 Å². The summed E-state index contributed by atoms with van der Waals surface area (Å²) in [4.78, 5) is 2.09. The normalized spacial score (nSPS) is 13.9. The van der Waals surface area contributed by atoms with Crippen LogP contribution >= 0.6 is 0 Å². The van der Waals surface area contributed by atoms with Crippen molar-refractivity contribution in [2.75, 3.05) is 30.9 Å². The molecule has 0 atom stereocenters. The van der Waals surface area contributed by atoms with Crippen molar-refractivity contribution in [1.82, 2.24) is 5.01 Å². The number of anilines is 1. The van der Waals surface area contributed by atoms with E-state index < -0.39 is 15.9 Å². The Hall–Kier alpha value is -2.78. The summed E-state index contributed by atoms with van der Waals surface area (Å²) in [5.41, 5.74) is 7.83. The van der Waals surface area contributed by atoms with E-state index in [1.807, 2.05) is 29.2 Å². The second-order valence-corrected chi connectivity index (χ2v) is 8.44. The predicted molar refractivity (Wildman–Crippen MR) is 106 cm³/mol. The quantitative estimate of drug-likeness (QED) is 0.798. The van der Waals surface area contributed by atoms with Gasteiger partial charge in [0.1, 0.15) is 13.0 Å².